The van der Waals surface area contributed by atoms with Gasteiger partial charge in [-0.15, -0.1) is 0 Å². The zero-order valence-electron chi connectivity index (χ0n) is 16.7. The molecule has 1 atom stereocenters. The van der Waals surface area contributed by atoms with E-state index in [9.17, 15) is 19.8 Å². The summed E-state index contributed by atoms with van der Waals surface area (Å²) in [5, 5.41) is 37.6. The van der Waals surface area contributed by atoms with Crippen LogP contribution in [0.4, 0.5) is 0 Å². The highest BCUT2D eigenvalue weighted by molar-refractivity contribution is 7.81. The lowest BCUT2D eigenvalue weighted by Gasteiger charge is -2.42. The smallest absolute Gasteiger partial charge is 0.451 e. The molecule has 1 aromatic rings. The number of phenols is 1. The minimum Gasteiger partial charge on any atom is -0.507 e. The molecule has 28 heavy (non-hydrogen) atoms. The Labute approximate surface area is 169 Å². The number of likely N-dealkylation sites (tertiary alicyclic amines) is 1. The number of aryl methyl sites for hydroxylation is 1. The summed E-state index contributed by atoms with van der Waals surface area (Å²) in [4.78, 5) is 25.5. The van der Waals surface area contributed by atoms with Gasteiger partial charge in [0.25, 0.3) is 0 Å². The van der Waals surface area contributed by atoms with Crippen molar-refractivity contribution in [2.45, 2.75) is 43.5 Å². The van der Waals surface area contributed by atoms with Crippen LogP contribution in [-0.4, -0.2) is 75.3 Å². The highest BCUT2D eigenvalue weighted by Crippen LogP contribution is 2.34. The molecule has 0 aromatic heterocycles. The number of hydrogen-bond donors (Lipinski definition) is 6. The lowest BCUT2D eigenvalue weighted by molar-refractivity contribution is -0.142. The average molecular weight is 413 g/mol. The van der Waals surface area contributed by atoms with Crippen LogP contribution in [0.1, 0.15) is 29.8 Å². The van der Waals surface area contributed by atoms with Crippen LogP contribution in [0, 0.1) is 0 Å². The molecule has 11 heteroatoms. The first-order valence-corrected chi connectivity index (χ1v) is 9.18. The number of carboxylic acid groups (broad SMARTS) is 1. The first kappa shape index (κ1) is 20.8. The number of benzene rings is 1. The molecule has 0 aliphatic carbocycles. The third kappa shape index (κ3) is 5.10. The van der Waals surface area contributed by atoms with E-state index in [0.717, 1.165) is 12.5 Å². The van der Waals surface area contributed by atoms with Crippen molar-refractivity contribution >= 4 is 31.5 Å². The Morgan fingerprint density at radius 3 is 2.64 bits per heavy atom. The second-order valence-electron chi connectivity index (χ2n) is 7.34. The van der Waals surface area contributed by atoms with Gasteiger partial charge in [0, 0.05) is 4.75 Å². The summed E-state index contributed by atoms with van der Waals surface area (Å²) in [6.07, 6.45) is -0.433. The van der Waals surface area contributed by atoms with Gasteiger partial charge in [-0.25, -0.2) is 4.79 Å². The van der Waals surface area contributed by atoms with Gasteiger partial charge in [0.2, 0.25) is 5.91 Å². The zero-order chi connectivity index (χ0) is 21.9. The van der Waals surface area contributed by atoms with Gasteiger partial charge in [-0.2, -0.15) is 12.5 Å². The maximum atomic E-state index is 12.4. The number of rotatable bonds is 9. The summed E-state index contributed by atoms with van der Waals surface area (Å²) < 4.78 is 12.3. The molecule has 9 nitrogen and oxygen atoms in total. The molecule has 6 N–H and O–H groups in total. The minimum atomic E-state index is -1.57. The largest absolute Gasteiger partial charge is 0.507 e. The maximum Gasteiger partial charge on any atom is 0.451 e. The van der Waals surface area contributed by atoms with Crippen LogP contribution in [0.2, 0.25) is 6.32 Å². The molecule has 1 saturated heterocycles. The molecule has 1 amide bonds. The Kier molecular flexibility index (Phi) is 6.38. The summed E-state index contributed by atoms with van der Waals surface area (Å²) in [6.45, 7) is 3.84. The topological polar surface area (TPSA) is 154 Å². The van der Waals surface area contributed by atoms with Crippen LogP contribution in [0.25, 0.3) is 0 Å². The molecule has 1 fully saturated rings. The third-order valence-electron chi connectivity index (χ3n) is 4.58. The fourth-order valence-electron chi connectivity index (χ4n) is 2.77. The minimum absolute atomic E-state index is 0.0354. The lowest BCUT2D eigenvalue weighted by atomic mass is 9.82. The Hall–Kier alpha value is -1.95. The second-order valence-corrected chi connectivity index (χ2v) is 8.39. The third-order valence-corrected chi connectivity index (χ3v) is 4.83. The molecule has 1 aliphatic heterocycles. The summed E-state index contributed by atoms with van der Waals surface area (Å²) >= 11 is 0.755. The molecule has 2 rings (SSSR count). The van der Waals surface area contributed by atoms with E-state index < -0.39 is 41.3 Å². The number of thiol groups is 1. The highest BCUT2D eigenvalue weighted by atomic mass is 32.1. The second kappa shape index (κ2) is 8.60. The van der Waals surface area contributed by atoms with Crippen LogP contribution in [0.3, 0.4) is 0 Å². The first-order chi connectivity index (χ1) is 13.5. The van der Waals surface area contributed by atoms with Gasteiger partial charge < -0.3 is 35.6 Å². The van der Waals surface area contributed by atoms with Crippen molar-refractivity contribution in [1.82, 2.24) is 4.90 Å². The van der Waals surface area contributed by atoms with E-state index >= 15 is 0 Å². The van der Waals surface area contributed by atoms with Crippen LogP contribution >= 0.6 is 12.5 Å². The van der Waals surface area contributed by atoms with Crippen LogP contribution < -0.4 is 10.5 Å². The van der Waals surface area contributed by atoms with E-state index in [-0.39, 0.29) is 43.1 Å². The summed E-state index contributed by atoms with van der Waals surface area (Å²) in [5.41, 5.74) is 5.79. The van der Waals surface area contributed by atoms with E-state index in [1.807, 2.05) is 0 Å². The number of carboxylic acids is 1. The number of aromatic carboxylic acids is 1. The van der Waals surface area contributed by atoms with Crippen LogP contribution in [0.5, 0.6) is 11.5 Å². The Bertz CT molecular complexity index is 774. The van der Waals surface area contributed by atoms with Gasteiger partial charge in [0.05, 0.1) is 19.1 Å². The van der Waals surface area contributed by atoms with Gasteiger partial charge in [0.15, 0.2) is 0 Å². The number of nitrogens with zero attached hydrogens (tertiary/aromatic N) is 1. The van der Waals surface area contributed by atoms with Crippen LogP contribution in [0.15, 0.2) is 12.1 Å². The Morgan fingerprint density at radius 2 is 2.11 bits per heavy atom. The maximum absolute atomic E-state index is 12.4. The van der Waals surface area contributed by atoms with E-state index in [1.54, 1.807) is 13.8 Å². The van der Waals surface area contributed by atoms with Crippen LogP contribution in [-0.2, 0) is 11.2 Å². The molecular weight excluding hydrogens is 387 g/mol. The first-order valence-electron chi connectivity index (χ1n) is 9.18. The molecule has 1 heterocycles. The predicted octanol–water partition coefficient (Wildman–Crippen LogP) is -0.269. The normalized spacial score (nSPS) is 16.2. The molecule has 0 bridgehead atoms. The fourth-order valence-corrected chi connectivity index (χ4v) is 2.87. The highest BCUT2D eigenvalue weighted by Gasteiger charge is 2.39. The summed E-state index contributed by atoms with van der Waals surface area (Å²) in [6, 6.07) is 2.01. The number of amides is 1. The predicted molar refractivity (Wildman–Crippen MR) is 106 cm³/mol. The number of nitrogens with two attached hydrogens (primary N) is 1. The Balaban J connectivity index is 2.05. The van der Waals surface area contributed by atoms with Crippen molar-refractivity contribution in [3.63, 3.8) is 0 Å². The lowest BCUT2D eigenvalue weighted by Crippen LogP contribution is -2.62. The monoisotopic (exact) mass is 413 g/mol. The van der Waals surface area contributed by atoms with Crippen molar-refractivity contribution in [2.24, 2.45) is 5.73 Å². The summed E-state index contributed by atoms with van der Waals surface area (Å²) in [5.74, 6) is -2.22. The SMILES string of the molecule is [2H]SC(C)(C)[C@H](N)C(=O)N1CC(Oc2ccc(CCB(O)O)c(O)c2C(=O)O)C1. The van der Waals surface area contributed by atoms with Crippen molar-refractivity contribution in [3.05, 3.63) is 23.3 Å². The molecule has 0 unspecified atom stereocenters. The number of carbonyl (C=O) groups is 2. The van der Waals surface area contributed by atoms with Gasteiger partial charge in [0.1, 0.15) is 24.3 Å². The van der Waals surface area contributed by atoms with E-state index in [2.05, 4.69) is 0 Å². The zero-order valence-corrected chi connectivity index (χ0v) is 16.5. The van der Waals surface area contributed by atoms with E-state index in [0.29, 0.717) is 0 Å². The standard InChI is InChI=1S/C17H25BN2O7S/c1-17(2,28)14(19)15(22)20-7-10(8-20)27-11-4-3-9(5-6-18(25)26)13(21)12(11)16(23)24/h3-4,10,14,21,25-26,28H,5-8,19H2,1-2H3,(H,23,24)/t14-/m1/s1/i/hD. The molecule has 1 aromatic carbocycles. The van der Waals surface area contributed by atoms with Gasteiger partial charge in [-0.05, 0) is 38.2 Å². The number of hydrogen-bond acceptors (Lipinski definition) is 8. The molecular formula is C17H25BN2O7S. The van der Waals surface area contributed by atoms with Crippen molar-refractivity contribution in [3.8, 4) is 11.5 Å². The molecule has 0 spiro atoms. The van der Waals surface area contributed by atoms with E-state index in [4.69, 9.17) is 21.6 Å². The molecule has 1 aliphatic rings. The van der Waals surface area contributed by atoms with E-state index in [1.165, 1.54) is 17.0 Å². The number of carbonyl (C=O) groups excluding carboxylic acids is 1. The summed E-state index contributed by atoms with van der Waals surface area (Å²) in [7, 11) is -1.57. The molecule has 154 valence electrons. The van der Waals surface area contributed by atoms with Crippen molar-refractivity contribution in [2.75, 3.05) is 13.1 Å². The van der Waals surface area contributed by atoms with Crippen molar-refractivity contribution < 1.29 is 34.6 Å². The van der Waals surface area contributed by atoms with Crippen molar-refractivity contribution in [1.29, 1.82) is 1.12 Å². The molecule has 0 radical (unpaired) electrons. The van der Waals surface area contributed by atoms with Gasteiger partial charge in [-0.3, -0.25) is 4.79 Å². The fraction of sp³-hybridized carbons (Fsp3) is 0.529. The quantitative estimate of drug-likeness (QED) is 0.239. The number of ether oxygens (including phenoxy) is 1. The molecule has 0 saturated carbocycles. The average Bonchev–Trinajstić information content (AvgIpc) is 2.61. The number of aromatic hydroxyl groups is 1. The van der Waals surface area contributed by atoms with Gasteiger partial charge >= 0.3 is 13.1 Å². The van der Waals surface area contributed by atoms with Gasteiger partial charge in [-0.1, -0.05) is 6.07 Å². The Morgan fingerprint density at radius 1 is 1.46 bits per heavy atom.